The number of rotatable bonds is 2. The van der Waals surface area contributed by atoms with Gasteiger partial charge in [-0.25, -0.2) is 4.98 Å². The van der Waals surface area contributed by atoms with Crippen LogP contribution in [0.1, 0.15) is 18.2 Å². The quantitative estimate of drug-likeness (QED) is 0.824. The molecular formula is C16H17Cl2N3. The Bertz CT molecular complexity index is 649. The summed E-state index contributed by atoms with van der Waals surface area (Å²) in [5, 5.41) is 4.61. The summed E-state index contributed by atoms with van der Waals surface area (Å²) in [6.45, 7) is 5.63. The van der Waals surface area contributed by atoms with Gasteiger partial charge in [-0.3, -0.25) is 0 Å². The van der Waals surface area contributed by atoms with E-state index in [-0.39, 0.29) is 0 Å². The molecule has 0 saturated carbocycles. The first-order valence-electron chi connectivity index (χ1n) is 6.97. The molecule has 0 amide bonds. The zero-order valence-corrected chi connectivity index (χ0v) is 13.5. The number of benzene rings is 1. The van der Waals surface area contributed by atoms with Crippen molar-refractivity contribution >= 4 is 34.6 Å². The molecule has 1 aliphatic heterocycles. The first-order chi connectivity index (χ1) is 10.1. The van der Waals surface area contributed by atoms with E-state index in [0.717, 1.165) is 23.5 Å². The fourth-order valence-electron chi connectivity index (χ4n) is 2.65. The molecule has 1 N–H and O–H groups in total. The number of halogens is 2. The summed E-state index contributed by atoms with van der Waals surface area (Å²) in [5.41, 5.74) is 4.03. The summed E-state index contributed by atoms with van der Waals surface area (Å²) in [5.74, 6) is 0. The highest BCUT2D eigenvalue weighted by molar-refractivity contribution is 6.35. The van der Waals surface area contributed by atoms with E-state index in [2.05, 4.69) is 34.3 Å². The van der Waals surface area contributed by atoms with Gasteiger partial charge in [0.2, 0.25) is 0 Å². The molecule has 1 atom stereocenters. The van der Waals surface area contributed by atoms with Crippen molar-refractivity contribution < 1.29 is 0 Å². The third kappa shape index (κ3) is 2.81. The highest BCUT2D eigenvalue weighted by atomic mass is 35.5. The molecule has 0 radical (unpaired) electrons. The Morgan fingerprint density at radius 3 is 2.86 bits per heavy atom. The van der Waals surface area contributed by atoms with Gasteiger partial charge in [0.15, 0.2) is 0 Å². The Morgan fingerprint density at radius 1 is 1.33 bits per heavy atom. The van der Waals surface area contributed by atoms with Crippen LogP contribution in [0.3, 0.4) is 0 Å². The monoisotopic (exact) mass is 321 g/mol. The van der Waals surface area contributed by atoms with Crippen LogP contribution in [-0.2, 0) is 6.54 Å². The highest BCUT2D eigenvalue weighted by Crippen LogP contribution is 2.34. The van der Waals surface area contributed by atoms with Crippen LogP contribution >= 0.6 is 23.2 Å². The van der Waals surface area contributed by atoms with Crippen molar-refractivity contribution in [2.45, 2.75) is 26.4 Å². The average Bonchev–Trinajstić information content (AvgIpc) is 2.44. The SMILES string of the molecule is Cc1cc(Cl)c(CN2c3ccccc3NCC2C)c(Cl)n1. The smallest absolute Gasteiger partial charge is 0.135 e. The van der Waals surface area contributed by atoms with Crippen LogP contribution in [-0.4, -0.2) is 17.6 Å². The second-order valence-corrected chi connectivity index (χ2v) is 6.16. The van der Waals surface area contributed by atoms with Crippen LogP contribution < -0.4 is 10.2 Å². The number of aromatic nitrogens is 1. The summed E-state index contributed by atoms with van der Waals surface area (Å²) in [4.78, 5) is 6.64. The first-order valence-corrected chi connectivity index (χ1v) is 7.73. The van der Waals surface area contributed by atoms with Crippen molar-refractivity contribution in [2.24, 2.45) is 0 Å². The second-order valence-electron chi connectivity index (χ2n) is 5.39. The number of nitrogens with zero attached hydrogens (tertiary/aromatic N) is 2. The van der Waals surface area contributed by atoms with Gasteiger partial charge in [-0.1, -0.05) is 35.3 Å². The van der Waals surface area contributed by atoms with Gasteiger partial charge in [-0.2, -0.15) is 0 Å². The predicted octanol–water partition coefficient (Wildman–Crippen LogP) is 4.52. The Balaban J connectivity index is 1.98. The van der Waals surface area contributed by atoms with E-state index in [4.69, 9.17) is 23.2 Å². The molecule has 1 aromatic carbocycles. The molecule has 21 heavy (non-hydrogen) atoms. The number of pyridine rings is 1. The molecule has 3 rings (SSSR count). The molecule has 1 unspecified atom stereocenters. The van der Waals surface area contributed by atoms with Crippen LogP contribution in [0, 0.1) is 6.92 Å². The van der Waals surface area contributed by atoms with Crippen molar-refractivity contribution in [1.29, 1.82) is 0 Å². The largest absolute Gasteiger partial charge is 0.381 e. The van der Waals surface area contributed by atoms with Gasteiger partial charge in [0.1, 0.15) is 5.15 Å². The fourth-order valence-corrected chi connectivity index (χ4v) is 3.31. The van der Waals surface area contributed by atoms with Gasteiger partial charge in [0.25, 0.3) is 0 Å². The van der Waals surface area contributed by atoms with E-state index in [0.29, 0.717) is 22.8 Å². The molecular weight excluding hydrogens is 305 g/mol. The number of aryl methyl sites for hydroxylation is 1. The molecule has 0 spiro atoms. The number of fused-ring (bicyclic) bond motifs is 1. The fraction of sp³-hybridized carbons (Fsp3) is 0.312. The van der Waals surface area contributed by atoms with Crippen molar-refractivity contribution in [2.75, 3.05) is 16.8 Å². The lowest BCUT2D eigenvalue weighted by Crippen LogP contribution is -2.41. The van der Waals surface area contributed by atoms with Gasteiger partial charge in [0, 0.05) is 30.4 Å². The minimum atomic E-state index is 0.355. The van der Waals surface area contributed by atoms with Crippen molar-refractivity contribution in [3.8, 4) is 0 Å². The van der Waals surface area contributed by atoms with Crippen molar-refractivity contribution in [3.63, 3.8) is 0 Å². The molecule has 2 heterocycles. The minimum Gasteiger partial charge on any atom is -0.381 e. The lowest BCUT2D eigenvalue weighted by atomic mass is 10.1. The molecule has 1 aliphatic rings. The third-order valence-electron chi connectivity index (χ3n) is 3.81. The molecule has 110 valence electrons. The predicted molar refractivity (Wildman–Crippen MR) is 89.6 cm³/mol. The summed E-state index contributed by atoms with van der Waals surface area (Å²) in [6.07, 6.45) is 0. The topological polar surface area (TPSA) is 28.2 Å². The number of nitrogens with one attached hydrogen (secondary N) is 1. The van der Waals surface area contributed by atoms with E-state index < -0.39 is 0 Å². The van der Waals surface area contributed by atoms with E-state index >= 15 is 0 Å². The standard InChI is InChI=1S/C16H17Cl2N3/c1-10-7-13(17)12(16(18)20-10)9-21-11(2)8-19-14-5-3-4-6-15(14)21/h3-7,11,19H,8-9H2,1-2H3. The summed E-state index contributed by atoms with van der Waals surface area (Å²) < 4.78 is 0. The molecule has 3 nitrogen and oxygen atoms in total. The zero-order valence-electron chi connectivity index (χ0n) is 12.0. The zero-order chi connectivity index (χ0) is 15.0. The molecule has 0 bridgehead atoms. The number of hydrogen-bond acceptors (Lipinski definition) is 3. The normalized spacial score (nSPS) is 17.3. The Labute approximate surface area is 134 Å². The number of para-hydroxylation sites is 2. The van der Waals surface area contributed by atoms with Gasteiger partial charge in [0.05, 0.1) is 16.4 Å². The van der Waals surface area contributed by atoms with Crippen LogP contribution in [0.5, 0.6) is 0 Å². The van der Waals surface area contributed by atoms with E-state index in [1.807, 2.05) is 25.1 Å². The van der Waals surface area contributed by atoms with Crippen LogP contribution in [0.25, 0.3) is 0 Å². The molecule has 1 aromatic heterocycles. The lowest BCUT2D eigenvalue weighted by molar-refractivity contribution is 0.640. The first kappa shape index (κ1) is 14.5. The van der Waals surface area contributed by atoms with Crippen molar-refractivity contribution in [1.82, 2.24) is 4.98 Å². The molecule has 0 fully saturated rings. The molecule has 0 aliphatic carbocycles. The maximum absolute atomic E-state index is 6.36. The maximum atomic E-state index is 6.36. The minimum absolute atomic E-state index is 0.355. The summed E-state index contributed by atoms with van der Waals surface area (Å²) in [7, 11) is 0. The van der Waals surface area contributed by atoms with E-state index in [1.165, 1.54) is 5.69 Å². The van der Waals surface area contributed by atoms with Gasteiger partial charge < -0.3 is 10.2 Å². The van der Waals surface area contributed by atoms with Gasteiger partial charge >= 0.3 is 0 Å². The van der Waals surface area contributed by atoms with Crippen molar-refractivity contribution in [3.05, 3.63) is 51.8 Å². The van der Waals surface area contributed by atoms with Crippen LogP contribution in [0.2, 0.25) is 10.2 Å². The summed E-state index contributed by atoms with van der Waals surface area (Å²) >= 11 is 12.7. The number of hydrogen-bond donors (Lipinski definition) is 1. The molecule has 2 aromatic rings. The maximum Gasteiger partial charge on any atom is 0.135 e. The molecule has 5 heteroatoms. The van der Waals surface area contributed by atoms with Gasteiger partial charge in [-0.05, 0) is 32.0 Å². The van der Waals surface area contributed by atoms with E-state index in [1.54, 1.807) is 0 Å². The van der Waals surface area contributed by atoms with Crippen LogP contribution in [0.4, 0.5) is 11.4 Å². The number of anilines is 2. The Morgan fingerprint density at radius 2 is 2.10 bits per heavy atom. The average molecular weight is 322 g/mol. The Kier molecular flexibility index (Phi) is 3.96. The second kappa shape index (κ2) is 5.74. The van der Waals surface area contributed by atoms with Crippen LogP contribution in [0.15, 0.2) is 30.3 Å². The van der Waals surface area contributed by atoms with E-state index in [9.17, 15) is 0 Å². The summed E-state index contributed by atoms with van der Waals surface area (Å²) in [6, 6.07) is 10.5. The molecule has 0 saturated heterocycles. The Hall–Kier alpha value is -1.45. The van der Waals surface area contributed by atoms with Gasteiger partial charge in [-0.15, -0.1) is 0 Å². The highest BCUT2D eigenvalue weighted by Gasteiger charge is 2.24. The lowest BCUT2D eigenvalue weighted by Gasteiger charge is -2.38. The third-order valence-corrected chi connectivity index (χ3v) is 4.46.